The average molecular weight is 524 g/mol. The molecule has 0 bridgehead atoms. The Morgan fingerprint density at radius 1 is 0.949 bits per heavy atom. The van der Waals surface area contributed by atoms with Gasteiger partial charge in [0.25, 0.3) is 0 Å². The van der Waals surface area contributed by atoms with E-state index in [1.165, 1.54) is 17.7 Å². The van der Waals surface area contributed by atoms with Crippen molar-refractivity contribution < 1.29 is 18.7 Å². The van der Waals surface area contributed by atoms with Gasteiger partial charge in [-0.1, -0.05) is 35.9 Å². The van der Waals surface area contributed by atoms with Crippen molar-refractivity contribution in [3.63, 3.8) is 0 Å². The molecule has 1 aliphatic carbocycles. The molecule has 6 nitrogen and oxygen atoms in total. The maximum atomic E-state index is 13.5. The lowest BCUT2D eigenvalue weighted by atomic mass is 9.75. The Bertz CT molecular complexity index is 1430. The first-order chi connectivity index (χ1) is 19.0. The van der Waals surface area contributed by atoms with Gasteiger partial charge in [0, 0.05) is 17.6 Å². The van der Waals surface area contributed by atoms with Crippen LogP contribution in [-0.2, 0) is 22.4 Å². The topological polar surface area (TPSA) is 84.1 Å². The number of imidazole rings is 1. The number of aromatic amines is 1. The van der Waals surface area contributed by atoms with Gasteiger partial charge in [-0.25, -0.2) is 9.37 Å². The molecule has 0 unspecified atom stereocenters. The van der Waals surface area contributed by atoms with Gasteiger partial charge in [0.15, 0.2) is 5.78 Å². The summed E-state index contributed by atoms with van der Waals surface area (Å²) in [7, 11) is 0. The van der Waals surface area contributed by atoms with Crippen LogP contribution in [0.2, 0.25) is 0 Å². The van der Waals surface area contributed by atoms with E-state index in [9.17, 15) is 14.0 Å². The molecule has 4 aromatic rings. The summed E-state index contributed by atoms with van der Waals surface area (Å²) < 4.78 is 18.9. The summed E-state index contributed by atoms with van der Waals surface area (Å²) in [5.41, 5.74) is 4.36. The van der Waals surface area contributed by atoms with E-state index in [0.29, 0.717) is 30.0 Å². The van der Waals surface area contributed by atoms with Crippen LogP contribution in [0.4, 0.5) is 10.1 Å². The van der Waals surface area contributed by atoms with Gasteiger partial charge < -0.3 is 15.0 Å². The van der Waals surface area contributed by atoms with Crippen molar-refractivity contribution in [2.45, 2.75) is 38.5 Å². The SMILES string of the molecule is O=C(Cc1cnc[nH]1)C1=C([C@@H](CCCc2ccccc2)C(=O)Nc2ccc(Oc3ccc(F)cc3)cc2)CC1. The molecule has 1 aromatic heterocycles. The number of halogens is 1. The van der Waals surface area contributed by atoms with E-state index in [4.69, 9.17) is 4.74 Å². The number of allylic oxidation sites excluding steroid dienone is 1. The Kier molecular flexibility index (Phi) is 8.26. The highest BCUT2D eigenvalue weighted by Crippen LogP contribution is 2.38. The predicted molar refractivity (Wildman–Crippen MR) is 148 cm³/mol. The molecule has 2 N–H and O–H groups in total. The number of ketones is 1. The van der Waals surface area contributed by atoms with Gasteiger partial charge in [0.05, 0.1) is 18.7 Å². The van der Waals surface area contributed by atoms with E-state index in [1.807, 2.05) is 18.2 Å². The Labute approximate surface area is 227 Å². The molecule has 0 spiro atoms. The highest BCUT2D eigenvalue weighted by atomic mass is 19.1. The normalized spacial score (nSPS) is 13.5. The highest BCUT2D eigenvalue weighted by Gasteiger charge is 2.33. The van der Waals surface area contributed by atoms with Crippen LogP contribution >= 0.6 is 0 Å². The second kappa shape index (κ2) is 12.3. The molecule has 3 aromatic carbocycles. The molecule has 39 heavy (non-hydrogen) atoms. The lowest BCUT2D eigenvalue weighted by Crippen LogP contribution is -2.30. The van der Waals surface area contributed by atoms with Crippen LogP contribution in [0.3, 0.4) is 0 Å². The van der Waals surface area contributed by atoms with Crippen molar-refractivity contribution in [1.82, 2.24) is 9.97 Å². The number of rotatable bonds is 12. The van der Waals surface area contributed by atoms with Crippen molar-refractivity contribution in [3.05, 3.63) is 120 Å². The number of nitrogens with one attached hydrogen (secondary N) is 2. The molecular weight excluding hydrogens is 493 g/mol. The van der Waals surface area contributed by atoms with Crippen molar-refractivity contribution in [2.75, 3.05) is 5.32 Å². The number of carbonyl (C=O) groups excluding carboxylic acids is 2. The quantitative estimate of drug-likeness (QED) is 0.213. The van der Waals surface area contributed by atoms with Gasteiger partial charge in [0.1, 0.15) is 17.3 Å². The van der Waals surface area contributed by atoms with Gasteiger partial charge in [-0.05, 0) is 91.8 Å². The molecule has 0 radical (unpaired) electrons. The molecule has 0 aliphatic heterocycles. The summed E-state index contributed by atoms with van der Waals surface area (Å²) in [6.07, 6.45) is 7.27. The number of carbonyl (C=O) groups is 2. The minimum absolute atomic E-state index is 0.0451. The Balaban J connectivity index is 1.28. The second-order valence-electron chi connectivity index (χ2n) is 9.68. The maximum absolute atomic E-state index is 13.5. The number of aryl methyl sites for hydroxylation is 1. The lowest BCUT2D eigenvalue weighted by molar-refractivity contribution is -0.119. The molecule has 7 heteroatoms. The van der Waals surface area contributed by atoms with Gasteiger partial charge in [-0.2, -0.15) is 0 Å². The van der Waals surface area contributed by atoms with Crippen LogP contribution in [0.25, 0.3) is 0 Å². The largest absolute Gasteiger partial charge is 0.457 e. The summed E-state index contributed by atoms with van der Waals surface area (Å²) in [6, 6.07) is 23.1. The lowest BCUT2D eigenvalue weighted by Gasteiger charge is -2.30. The number of anilines is 1. The van der Waals surface area contributed by atoms with Crippen LogP contribution in [0, 0.1) is 11.7 Å². The molecule has 1 atom stereocenters. The van der Waals surface area contributed by atoms with E-state index < -0.39 is 0 Å². The van der Waals surface area contributed by atoms with Crippen molar-refractivity contribution >= 4 is 17.4 Å². The van der Waals surface area contributed by atoms with Crippen LogP contribution in [0.5, 0.6) is 11.5 Å². The van der Waals surface area contributed by atoms with Crippen molar-refractivity contribution in [3.8, 4) is 11.5 Å². The van der Waals surface area contributed by atoms with E-state index >= 15 is 0 Å². The van der Waals surface area contributed by atoms with E-state index in [1.54, 1.807) is 48.9 Å². The average Bonchev–Trinajstić information content (AvgIpc) is 3.43. The number of hydrogen-bond acceptors (Lipinski definition) is 4. The van der Waals surface area contributed by atoms with Gasteiger partial charge >= 0.3 is 0 Å². The van der Waals surface area contributed by atoms with Crippen LogP contribution in [-0.4, -0.2) is 21.7 Å². The smallest absolute Gasteiger partial charge is 0.231 e. The number of Topliss-reactive ketones (excluding diaryl/α,β-unsaturated/α-hetero) is 1. The number of nitrogens with zero attached hydrogens (tertiary/aromatic N) is 1. The summed E-state index contributed by atoms with van der Waals surface area (Å²) in [4.78, 5) is 33.5. The Morgan fingerprint density at radius 2 is 1.67 bits per heavy atom. The minimum atomic E-state index is -0.377. The van der Waals surface area contributed by atoms with Crippen molar-refractivity contribution in [2.24, 2.45) is 5.92 Å². The Morgan fingerprint density at radius 3 is 2.31 bits per heavy atom. The third kappa shape index (κ3) is 6.87. The van der Waals surface area contributed by atoms with E-state index in [2.05, 4.69) is 27.4 Å². The fraction of sp³-hybridized carbons (Fsp3) is 0.219. The molecule has 198 valence electrons. The van der Waals surface area contributed by atoms with Crippen LogP contribution < -0.4 is 10.1 Å². The fourth-order valence-corrected chi connectivity index (χ4v) is 4.85. The zero-order valence-electron chi connectivity index (χ0n) is 21.5. The summed E-state index contributed by atoms with van der Waals surface area (Å²) >= 11 is 0. The summed E-state index contributed by atoms with van der Waals surface area (Å²) in [5, 5.41) is 3.04. The molecule has 5 rings (SSSR count). The van der Waals surface area contributed by atoms with Crippen LogP contribution in [0.15, 0.2) is 103 Å². The zero-order valence-corrected chi connectivity index (χ0v) is 21.5. The number of hydrogen-bond donors (Lipinski definition) is 2. The fourth-order valence-electron chi connectivity index (χ4n) is 4.85. The maximum Gasteiger partial charge on any atom is 0.231 e. The number of aromatic nitrogens is 2. The van der Waals surface area contributed by atoms with Gasteiger partial charge in [-0.3, -0.25) is 9.59 Å². The molecule has 1 amide bonds. The molecule has 0 saturated heterocycles. The minimum Gasteiger partial charge on any atom is -0.457 e. The van der Waals surface area contributed by atoms with E-state index in [0.717, 1.165) is 36.1 Å². The Hall–Kier alpha value is -4.52. The number of H-pyrrole nitrogens is 1. The number of amides is 1. The first-order valence-corrected chi connectivity index (χ1v) is 13.2. The standard InChI is InChI=1S/C32H30FN3O3/c33-23-9-13-26(14-10-23)39-27-15-11-24(12-16-27)36-32(38)30(8-4-7-22-5-2-1-3-6-22)28-17-18-29(28)31(37)19-25-20-34-21-35-25/h1-3,5-6,9-16,20-21,30H,4,7-8,17-19H2,(H,34,35)(H,36,38)/t30-/m1/s1. The van der Waals surface area contributed by atoms with E-state index in [-0.39, 0.29) is 29.8 Å². The number of benzene rings is 3. The molecule has 0 saturated carbocycles. The summed E-state index contributed by atoms with van der Waals surface area (Å²) in [5.74, 6) is 0.327. The molecule has 1 heterocycles. The summed E-state index contributed by atoms with van der Waals surface area (Å²) in [6.45, 7) is 0. The molecular formula is C32H30FN3O3. The second-order valence-corrected chi connectivity index (χ2v) is 9.68. The number of ether oxygens (including phenoxy) is 1. The van der Waals surface area contributed by atoms with Crippen LogP contribution in [0.1, 0.15) is 36.9 Å². The first kappa shape index (κ1) is 26.1. The van der Waals surface area contributed by atoms with Gasteiger partial charge in [-0.15, -0.1) is 0 Å². The predicted octanol–water partition coefficient (Wildman–Crippen LogP) is 6.82. The first-order valence-electron chi connectivity index (χ1n) is 13.2. The highest BCUT2D eigenvalue weighted by molar-refractivity contribution is 6.01. The van der Waals surface area contributed by atoms with Crippen molar-refractivity contribution in [1.29, 1.82) is 0 Å². The van der Waals surface area contributed by atoms with Gasteiger partial charge in [0.2, 0.25) is 5.91 Å². The zero-order chi connectivity index (χ0) is 27.0. The molecule has 0 fully saturated rings. The monoisotopic (exact) mass is 523 g/mol. The molecule has 1 aliphatic rings. The third-order valence-electron chi connectivity index (χ3n) is 6.98. The third-order valence-corrected chi connectivity index (χ3v) is 6.98.